The van der Waals surface area contributed by atoms with E-state index in [-0.39, 0.29) is 6.61 Å². The van der Waals surface area contributed by atoms with Crippen LogP contribution in [0.1, 0.15) is 12.8 Å². The third-order valence-corrected chi connectivity index (χ3v) is 2.78. The van der Waals surface area contributed by atoms with Gasteiger partial charge in [0.2, 0.25) is 0 Å². The summed E-state index contributed by atoms with van der Waals surface area (Å²) >= 11 is 0. The molecule has 122 valence electrons. The van der Waals surface area contributed by atoms with Crippen LogP contribution < -0.4 is 5.32 Å². The van der Waals surface area contributed by atoms with Gasteiger partial charge in [0.05, 0.1) is 6.26 Å². The van der Waals surface area contributed by atoms with Crippen molar-refractivity contribution < 1.29 is 35.7 Å². The third kappa shape index (κ3) is 12.2. The van der Waals surface area contributed by atoms with Crippen molar-refractivity contribution in [2.45, 2.75) is 19.0 Å². The van der Waals surface area contributed by atoms with Crippen molar-refractivity contribution in [2.24, 2.45) is 5.92 Å². The van der Waals surface area contributed by atoms with Crippen molar-refractivity contribution in [3.05, 3.63) is 0 Å². The number of carboxylic acid groups (broad SMARTS) is 1. The van der Waals surface area contributed by atoms with E-state index in [1.165, 1.54) is 0 Å². The molecule has 1 aliphatic heterocycles. The molecular weight excluding hydrogens is 315 g/mol. The van der Waals surface area contributed by atoms with E-state index in [0.717, 1.165) is 32.2 Å². The minimum absolute atomic E-state index is 0.0250. The quantitative estimate of drug-likeness (QED) is 0.569. The first-order chi connectivity index (χ1) is 9.52. The van der Waals surface area contributed by atoms with Gasteiger partial charge in [-0.25, -0.2) is 4.79 Å². The monoisotopic (exact) mass is 331 g/mol. The van der Waals surface area contributed by atoms with Crippen molar-refractivity contribution in [3.8, 4) is 11.8 Å². The first kappa shape index (κ1) is 19.7. The molecule has 0 aromatic carbocycles. The molecule has 1 heterocycles. The molecular formula is C11H16F3NO5S. The Labute approximate surface area is 120 Å². The standard InChI is InChI=1S/C9H15NO3S.C2HF3O2/c1-14(11,12)13-8-2-3-9-4-6-10-7-5-9;3-2(4,5)1(6)7/h9-10H,4-8H2,1H3;(H,6,7). The molecule has 0 amide bonds. The highest BCUT2D eigenvalue weighted by Crippen LogP contribution is 2.13. The summed E-state index contributed by atoms with van der Waals surface area (Å²) in [7, 11) is -3.34. The highest BCUT2D eigenvalue weighted by molar-refractivity contribution is 7.85. The third-order valence-electron chi connectivity index (χ3n) is 2.23. The van der Waals surface area contributed by atoms with Gasteiger partial charge in [-0.15, -0.1) is 0 Å². The number of alkyl halides is 3. The summed E-state index contributed by atoms with van der Waals surface area (Å²) in [6.07, 6.45) is -1.99. The molecule has 21 heavy (non-hydrogen) atoms. The van der Waals surface area contributed by atoms with E-state index in [1.54, 1.807) is 0 Å². The number of halogens is 3. The topological polar surface area (TPSA) is 92.7 Å². The Kier molecular flexibility index (Phi) is 8.31. The van der Waals surface area contributed by atoms with Crippen LogP contribution in [-0.2, 0) is 19.1 Å². The molecule has 0 unspecified atom stereocenters. The normalized spacial score (nSPS) is 16.2. The van der Waals surface area contributed by atoms with Crippen molar-refractivity contribution in [1.82, 2.24) is 5.32 Å². The summed E-state index contributed by atoms with van der Waals surface area (Å²) in [5, 5.41) is 10.4. The summed E-state index contributed by atoms with van der Waals surface area (Å²) in [4.78, 5) is 8.90. The predicted molar refractivity (Wildman–Crippen MR) is 67.9 cm³/mol. The number of nitrogens with one attached hydrogen (secondary N) is 1. The van der Waals surface area contributed by atoms with Gasteiger partial charge in [0.15, 0.2) is 0 Å². The molecule has 2 N–H and O–H groups in total. The second-order valence-electron chi connectivity index (χ2n) is 4.11. The van der Waals surface area contributed by atoms with Crippen LogP contribution in [-0.4, -0.2) is 51.6 Å². The van der Waals surface area contributed by atoms with Gasteiger partial charge in [-0.1, -0.05) is 11.8 Å². The van der Waals surface area contributed by atoms with Crippen LogP contribution in [0.15, 0.2) is 0 Å². The average molecular weight is 331 g/mol. The molecule has 0 spiro atoms. The Morgan fingerprint density at radius 2 is 1.86 bits per heavy atom. The van der Waals surface area contributed by atoms with Gasteiger partial charge in [0.25, 0.3) is 10.1 Å². The molecule has 6 nitrogen and oxygen atoms in total. The summed E-state index contributed by atoms with van der Waals surface area (Å²) in [5.74, 6) is 3.38. The molecule has 0 radical (unpaired) electrons. The summed E-state index contributed by atoms with van der Waals surface area (Å²) in [6.45, 7) is 1.96. The molecule has 1 rings (SSSR count). The fraction of sp³-hybridized carbons (Fsp3) is 0.727. The lowest BCUT2D eigenvalue weighted by Crippen LogP contribution is -2.27. The van der Waals surface area contributed by atoms with Crippen LogP contribution in [0.2, 0.25) is 0 Å². The second kappa shape index (κ2) is 8.86. The minimum atomic E-state index is -5.08. The van der Waals surface area contributed by atoms with Crippen LogP contribution in [0, 0.1) is 17.8 Å². The van der Waals surface area contributed by atoms with E-state index < -0.39 is 22.3 Å². The molecule has 0 saturated carbocycles. The number of rotatable bonds is 2. The zero-order valence-corrected chi connectivity index (χ0v) is 12.1. The molecule has 0 aromatic rings. The van der Waals surface area contributed by atoms with E-state index >= 15 is 0 Å². The SMILES string of the molecule is CS(=O)(=O)OCC#CC1CCNCC1.O=C(O)C(F)(F)F. The maximum Gasteiger partial charge on any atom is 0.490 e. The lowest BCUT2D eigenvalue weighted by molar-refractivity contribution is -0.192. The number of hydrogen-bond donors (Lipinski definition) is 2. The first-order valence-corrected chi connectivity index (χ1v) is 7.67. The maximum atomic E-state index is 10.6. The summed E-state index contributed by atoms with van der Waals surface area (Å²) in [6, 6.07) is 0. The fourth-order valence-corrected chi connectivity index (χ4v) is 1.56. The number of carboxylic acids is 1. The van der Waals surface area contributed by atoms with Gasteiger partial charge >= 0.3 is 12.1 Å². The zero-order chi connectivity index (χ0) is 16.5. The lowest BCUT2D eigenvalue weighted by atomic mass is 9.99. The van der Waals surface area contributed by atoms with Gasteiger partial charge in [-0.2, -0.15) is 21.6 Å². The number of piperidine rings is 1. The van der Waals surface area contributed by atoms with E-state index in [0.29, 0.717) is 5.92 Å². The van der Waals surface area contributed by atoms with Crippen LogP contribution in [0.4, 0.5) is 13.2 Å². The van der Waals surface area contributed by atoms with Gasteiger partial charge in [-0.3, -0.25) is 4.18 Å². The molecule has 1 fully saturated rings. The van der Waals surface area contributed by atoms with Crippen molar-refractivity contribution in [3.63, 3.8) is 0 Å². The predicted octanol–water partition coefficient (Wildman–Crippen LogP) is 0.599. The van der Waals surface area contributed by atoms with Gasteiger partial charge in [0, 0.05) is 5.92 Å². The van der Waals surface area contributed by atoms with E-state index in [4.69, 9.17) is 9.90 Å². The zero-order valence-electron chi connectivity index (χ0n) is 11.2. The highest BCUT2D eigenvalue weighted by atomic mass is 32.2. The lowest BCUT2D eigenvalue weighted by Gasteiger charge is -2.17. The van der Waals surface area contributed by atoms with Crippen LogP contribution in [0.3, 0.4) is 0 Å². The van der Waals surface area contributed by atoms with E-state index in [2.05, 4.69) is 21.3 Å². The molecule has 1 aliphatic rings. The smallest absolute Gasteiger partial charge is 0.475 e. The van der Waals surface area contributed by atoms with Gasteiger partial charge in [0.1, 0.15) is 6.61 Å². The minimum Gasteiger partial charge on any atom is -0.475 e. The molecule has 0 aromatic heterocycles. The molecule has 0 aliphatic carbocycles. The van der Waals surface area contributed by atoms with E-state index in [1.807, 2.05) is 0 Å². The summed E-state index contributed by atoms with van der Waals surface area (Å²) < 4.78 is 57.4. The van der Waals surface area contributed by atoms with Crippen molar-refractivity contribution in [2.75, 3.05) is 26.0 Å². The highest BCUT2D eigenvalue weighted by Gasteiger charge is 2.38. The van der Waals surface area contributed by atoms with Crippen LogP contribution in [0.25, 0.3) is 0 Å². The average Bonchev–Trinajstić information content (AvgIpc) is 2.34. The molecule has 0 bridgehead atoms. The van der Waals surface area contributed by atoms with Crippen molar-refractivity contribution in [1.29, 1.82) is 0 Å². The van der Waals surface area contributed by atoms with Crippen LogP contribution >= 0.6 is 0 Å². The van der Waals surface area contributed by atoms with Gasteiger partial charge in [-0.05, 0) is 25.9 Å². The Morgan fingerprint density at radius 1 is 1.38 bits per heavy atom. The van der Waals surface area contributed by atoms with Gasteiger partial charge < -0.3 is 10.4 Å². The van der Waals surface area contributed by atoms with Crippen molar-refractivity contribution >= 4 is 16.1 Å². The molecule has 0 atom stereocenters. The second-order valence-corrected chi connectivity index (χ2v) is 5.76. The molecule has 10 heteroatoms. The first-order valence-electron chi connectivity index (χ1n) is 5.86. The molecule has 1 saturated heterocycles. The number of hydrogen-bond acceptors (Lipinski definition) is 5. The van der Waals surface area contributed by atoms with Crippen LogP contribution in [0.5, 0.6) is 0 Å². The Balaban J connectivity index is 0.000000486. The Bertz CT molecular complexity index is 486. The summed E-state index contributed by atoms with van der Waals surface area (Å²) in [5.41, 5.74) is 0. The number of carbonyl (C=O) groups is 1. The largest absolute Gasteiger partial charge is 0.490 e. The number of aliphatic carboxylic acids is 1. The maximum absolute atomic E-state index is 10.6. The van der Waals surface area contributed by atoms with E-state index in [9.17, 15) is 21.6 Å². The Hall–Kier alpha value is -1.31. The fourth-order valence-electron chi connectivity index (χ4n) is 1.29. The Morgan fingerprint density at radius 3 is 2.24 bits per heavy atom.